The largest absolute Gasteiger partial charge is 0.327 e. The van der Waals surface area contributed by atoms with Crippen LogP contribution in [0.15, 0.2) is 41.4 Å². The molecule has 0 fully saturated rings. The molecule has 2 aliphatic rings. The fourth-order valence-corrected chi connectivity index (χ4v) is 3.86. The topological polar surface area (TPSA) is 30.2 Å². The van der Waals surface area contributed by atoms with E-state index in [-0.39, 0.29) is 5.82 Å². The molecular weight excluding hydrogens is 313 g/mol. The third-order valence-electron chi connectivity index (χ3n) is 5.17. The molecule has 3 aromatic rings. The molecule has 2 aromatic carbocycles. The molecule has 4 heteroatoms. The Labute approximate surface area is 145 Å². The van der Waals surface area contributed by atoms with Crippen LogP contribution >= 0.6 is 0 Å². The van der Waals surface area contributed by atoms with Gasteiger partial charge in [-0.1, -0.05) is 12.1 Å². The van der Waals surface area contributed by atoms with Gasteiger partial charge in [-0.15, -0.1) is 0 Å². The summed E-state index contributed by atoms with van der Waals surface area (Å²) < 4.78 is 16.0. The van der Waals surface area contributed by atoms with E-state index in [4.69, 9.17) is 4.98 Å². The summed E-state index contributed by atoms with van der Waals surface area (Å²) in [5.74, 6) is 0.951. The molecule has 0 N–H and O–H groups in total. The van der Waals surface area contributed by atoms with E-state index < -0.39 is 0 Å². The Hall–Kier alpha value is -2.75. The Bertz CT molecular complexity index is 1030. The summed E-state index contributed by atoms with van der Waals surface area (Å²) in [5.41, 5.74) is 7.33. The van der Waals surface area contributed by atoms with Gasteiger partial charge in [0.1, 0.15) is 11.6 Å². The minimum Gasteiger partial charge on any atom is -0.327 e. The lowest BCUT2D eigenvalue weighted by atomic mass is 9.99. The van der Waals surface area contributed by atoms with Crippen LogP contribution in [0.5, 0.6) is 0 Å². The minimum atomic E-state index is -0.175. The zero-order valence-corrected chi connectivity index (χ0v) is 14.1. The Kier molecular flexibility index (Phi) is 3.14. The predicted octanol–water partition coefficient (Wildman–Crippen LogP) is 4.54. The van der Waals surface area contributed by atoms with Crippen LogP contribution in [0.2, 0.25) is 0 Å². The molecule has 5 rings (SSSR count). The summed E-state index contributed by atoms with van der Waals surface area (Å²) in [6.45, 7) is 3.56. The molecule has 0 saturated carbocycles. The number of aromatic nitrogens is 2. The monoisotopic (exact) mass is 331 g/mol. The molecule has 0 radical (unpaired) electrons. The van der Waals surface area contributed by atoms with Crippen LogP contribution in [0, 0.1) is 12.7 Å². The summed E-state index contributed by atoms with van der Waals surface area (Å²) in [5, 5.41) is 0. The van der Waals surface area contributed by atoms with Crippen LogP contribution in [-0.2, 0) is 19.5 Å². The van der Waals surface area contributed by atoms with Gasteiger partial charge in [0, 0.05) is 30.3 Å². The second kappa shape index (κ2) is 5.38. The number of halogens is 1. The van der Waals surface area contributed by atoms with Crippen molar-refractivity contribution in [1.29, 1.82) is 0 Å². The standard InChI is InChI=1S/C21H18FN3/c1-13-9-14(6-7-18(13)22)20-21(25-8-2-3-19(25)24-20)15-4-5-16-11-23-12-17(16)10-15/h4-7,9-10,12H,2-3,8,11H2,1H3. The third kappa shape index (κ3) is 2.24. The summed E-state index contributed by atoms with van der Waals surface area (Å²) in [4.78, 5) is 9.27. The highest BCUT2D eigenvalue weighted by molar-refractivity contribution is 5.88. The number of aliphatic imine (C=N–C) groups is 1. The van der Waals surface area contributed by atoms with Gasteiger partial charge in [0.05, 0.1) is 17.9 Å². The molecule has 0 bridgehead atoms. The van der Waals surface area contributed by atoms with Gasteiger partial charge in [-0.3, -0.25) is 4.99 Å². The van der Waals surface area contributed by atoms with Crippen molar-refractivity contribution in [2.75, 3.05) is 0 Å². The molecule has 2 aliphatic heterocycles. The van der Waals surface area contributed by atoms with Gasteiger partial charge in [-0.25, -0.2) is 9.37 Å². The first kappa shape index (κ1) is 14.6. The molecule has 0 saturated heterocycles. The van der Waals surface area contributed by atoms with Crippen LogP contribution < -0.4 is 0 Å². The molecule has 25 heavy (non-hydrogen) atoms. The highest BCUT2D eigenvalue weighted by atomic mass is 19.1. The molecule has 0 amide bonds. The zero-order chi connectivity index (χ0) is 17.0. The lowest BCUT2D eigenvalue weighted by Crippen LogP contribution is -1.97. The smallest absolute Gasteiger partial charge is 0.126 e. The molecule has 1 aromatic heterocycles. The zero-order valence-electron chi connectivity index (χ0n) is 14.1. The van der Waals surface area contributed by atoms with E-state index in [9.17, 15) is 4.39 Å². The Morgan fingerprint density at radius 2 is 1.96 bits per heavy atom. The first-order chi connectivity index (χ1) is 12.2. The summed E-state index contributed by atoms with van der Waals surface area (Å²) in [6, 6.07) is 11.8. The van der Waals surface area contributed by atoms with Gasteiger partial charge in [0.25, 0.3) is 0 Å². The van der Waals surface area contributed by atoms with Crippen molar-refractivity contribution in [2.24, 2.45) is 4.99 Å². The van der Waals surface area contributed by atoms with Gasteiger partial charge in [-0.05, 0) is 54.3 Å². The average Bonchev–Trinajstić information content (AvgIpc) is 3.31. The second-order valence-electron chi connectivity index (χ2n) is 6.83. The van der Waals surface area contributed by atoms with E-state index >= 15 is 0 Å². The average molecular weight is 331 g/mol. The molecule has 124 valence electrons. The highest BCUT2D eigenvalue weighted by Crippen LogP contribution is 2.37. The van der Waals surface area contributed by atoms with Crippen molar-refractivity contribution < 1.29 is 4.39 Å². The maximum atomic E-state index is 13.7. The number of fused-ring (bicyclic) bond motifs is 2. The number of benzene rings is 2. The Morgan fingerprint density at radius 3 is 2.84 bits per heavy atom. The Balaban J connectivity index is 1.73. The molecule has 0 atom stereocenters. The number of imidazole rings is 1. The van der Waals surface area contributed by atoms with Gasteiger partial charge < -0.3 is 4.57 Å². The normalized spacial score (nSPS) is 14.8. The lowest BCUT2D eigenvalue weighted by molar-refractivity contribution is 0.619. The number of hydrogen-bond acceptors (Lipinski definition) is 2. The van der Waals surface area contributed by atoms with E-state index in [1.165, 1.54) is 17.2 Å². The van der Waals surface area contributed by atoms with Crippen LogP contribution in [0.3, 0.4) is 0 Å². The maximum Gasteiger partial charge on any atom is 0.126 e. The van der Waals surface area contributed by atoms with Crippen LogP contribution in [0.4, 0.5) is 4.39 Å². The summed E-state index contributed by atoms with van der Waals surface area (Å²) in [7, 11) is 0. The van der Waals surface area contributed by atoms with E-state index in [1.54, 1.807) is 6.92 Å². The molecule has 0 aliphatic carbocycles. The van der Waals surface area contributed by atoms with Gasteiger partial charge in [0.2, 0.25) is 0 Å². The van der Waals surface area contributed by atoms with E-state index in [1.807, 2.05) is 18.3 Å². The van der Waals surface area contributed by atoms with Crippen LogP contribution in [-0.4, -0.2) is 15.8 Å². The summed E-state index contributed by atoms with van der Waals surface area (Å²) in [6.07, 6.45) is 4.08. The fourth-order valence-electron chi connectivity index (χ4n) is 3.86. The van der Waals surface area contributed by atoms with Gasteiger partial charge in [-0.2, -0.15) is 0 Å². The maximum absolute atomic E-state index is 13.7. The quantitative estimate of drug-likeness (QED) is 0.678. The van der Waals surface area contributed by atoms with Gasteiger partial charge in [0.15, 0.2) is 0 Å². The van der Waals surface area contributed by atoms with Crippen molar-refractivity contribution in [3.63, 3.8) is 0 Å². The van der Waals surface area contributed by atoms with Crippen molar-refractivity contribution in [2.45, 2.75) is 32.9 Å². The fraction of sp³-hybridized carbons (Fsp3) is 0.238. The minimum absolute atomic E-state index is 0.175. The van der Waals surface area contributed by atoms with E-state index in [2.05, 4.69) is 27.8 Å². The Morgan fingerprint density at radius 1 is 1.08 bits per heavy atom. The van der Waals surface area contributed by atoms with Crippen molar-refractivity contribution in [3.8, 4) is 22.5 Å². The molecule has 3 nitrogen and oxygen atoms in total. The number of hydrogen-bond donors (Lipinski definition) is 0. The van der Waals surface area contributed by atoms with E-state index in [0.29, 0.717) is 5.56 Å². The first-order valence-corrected chi connectivity index (χ1v) is 8.70. The number of rotatable bonds is 2. The number of aryl methyl sites for hydroxylation is 2. The molecule has 3 heterocycles. The molecule has 0 unspecified atom stereocenters. The van der Waals surface area contributed by atoms with Crippen molar-refractivity contribution in [3.05, 3.63) is 64.7 Å². The molecular formula is C21H18FN3. The third-order valence-corrected chi connectivity index (χ3v) is 5.17. The summed E-state index contributed by atoms with van der Waals surface area (Å²) >= 11 is 0. The van der Waals surface area contributed by atoms with Gasteiger partial charge >= 0.3 is 0 Å². The van der Waals surface area contributed by atoms with E-state index in [0.717, 1.165) is 54.3 Å². The predicted molar refractivity (Wildman–Crippen MR) is 97.4 cm³/mol. The number of nitrogens with zero attached hydrogens (tertiary/aromatic N) is 3. The SMILES string of the molecule is Cc1cc(-c2nc3n(c2-c2ccc4c(c2)C=NC4)CCC3)ccc1F. The van der Waals surface area contributed by atoms with Crippen LogP contribution in [0.25, 0.3) is 22.5 Å². The molecule has 0 spiro atoms. The highest BCUT2D eigenvalue weighted by Gasteiger charge is 2.24. The van der Waals surface area contributed by atoms with Crippen molar-refractivity contribution in [1.82, 2.24) is 9.55 Å². The first-order valence-electron chi connectivity index (χ1n) is 8.70. The second-order valence-corrected chi connectivity index (χ2v) is 6.83. The lowest BCUT2D eigenvalue weighted by Gasteiger charge is -2.10. The van der Waals surface area contributed by atoms with Crippen molar-refractivity contribution >= 4 is 6.21 Å². The van der Waals surface area contributed by atoms with Crippen LogP contribution in [0.1, 0.15) is 28.9 Å².